The lowest BCUT2D eigenvalue weighted by Crippen LogP contribution is -1.97. The maximum atomic E-state index is 10.4. The van der Waals surface area contributed by atoms with Crippen LogP contribution in [0.4, 0.5) is 0 Å². The molecule has 0 aromatic carbocycles. The molecule has 0 fully saturated rings. The molecule has 0 aliphatic carbocycles. The summed E-state index contributed by atoms with van der Waals surface area (Å²) in [6.45, 7) is 13.8. The predicted octanol–water partition coefficient (Wildman–Crippen LogP) is 7.73. The van der Waals surface area contributed by atoms with Crippen molar-refractivity contribution in [2.75, 3.05) is 13.2 Å². The van der Waals surface area contributed by atoms with Gasteiger partial charge in [-0.15, -0.1) is 6.58 Å². The van der Waals surface area contributed by atoms with Crippen molar-refractivity contribution >= 4 is 11.9 Å². The van der Waals surface area contributed by atoms with Crippen LogP contribution in [0.5, 0.6) is 0 Å². The number of esters is 2. The minimum absolute atomic E-state index is 0.212. The van der Waals surface area contributed by atoms with E-state index in [9.17, 15) is 9.59 Å². The number of allylic oxidation sites excluding steroid dienone is 3. The fraction of sp³-hybridized carbons (Fsp3) is 0.692. The van der Waals surface area contributed by atoms with Gasteiger partial charge in [-0.3, -0.25) is 9.59 Å². The second kappa shape index (κ2) is 31.8. The summed E-state index contributed by atoms with van der Waals surface area (Å²) in [5, 5.41) is 0. The summed E-state index contributed by atoms with van der Waals surface area (Å²) >= 11 is 0. The summed E-state index contributed by atoms with van der Waals surface area (Å²) in [5.41, 5.74) is 0. The normalized spacial score (nSPS) is 10.0. The first kappa shape index (κ1) is 32.8. The number of hydrogen-bond acceptors (Lipinski definition) is 4. The molecule has 0 aliphatic rings. The number of carbonyl (C=O) groups is 2. The van der Waals surface area contributed by atoms with Gasteiger partial charge in [0.1, 0.15) is 13.2 Å². The first-order chi connectivity index (χ1) is 14.5. The van der Waals surface area contributed by atoms with Crippen molar-refractivity contribution in [3.63, 3.8) is 0 Å². The Balaban J connectivity index is -0.000000379. The number of rotatable bonds is 15. The van der Waals surface area contributed by atoms with Gasteiger partial charge in [-0.1, -0.05) is 89.7 Å². The van der Waals surface area contributed by atoms with Gasteiger partial charge in [0.2, 0.25) is 0 Å². The van der Waals surface area contributed by atoms with E-state index in [-0.39, 0.29) is 11.9 Å². The molecule has 0 unspecified atom stereocenters. The van der Waals surface area contributed by atoms with E-state index < -0.39 is 0 Å². The summed E-state index contributed by atoms with van der Waals surface area (Å²) in [5.74, 6) is -0.439. The molecular weight excluding hydrogens is 376 g/mol. The molecule has 0 N–H and O–H groups in total. The summed E-state index contributed by atoms with van der Waals surface area (Å²) < 4.78 is 9.36. The smallest absolute Gasteiger partial charge is 0.302 e. The molecule has 0 rings (SSSR count). The van der Waals surface area contributed by atoms with Crippen molar-refractivity contribution in [1.82, 2.24) is 0 Å². The molecule has 30 heavy (non-hydrogen) atoms. The third kappa shape index (κ3) is 45.1. The second-order valence-corrected chi connectivity index (χ2v) is 6.94. The van der Waals surface area contributed by atoms with Gasteiger partial charge in [-0.05, 0) is 32.1 Å². The highest BCUT2D eigenvalue weighted by atomic mass is 16.5. The van der Waals surface area contributed by atoms with Crippen LogP contribution in [-0.4, -0.2) is 25.2 Å². The van der Waals surface area contributed by atoms with Crippen LogP contribution in [0.25, 0.3) is 0 Å². The molecule has 0 radical (unpaired) electrons. The van der Waals surface area contributed by atoms with Gasteiger partial charge >= 0.3 is 11.9 Å². The Bertz CT molecular complexity index is 425. The largest absolute Gasteiger partial charge is 0.462 e. The van der Waals surface area contributed by atoms with Gasteiger partial charge in [0.15, 0.2) is 0 Å². The van der Waals surface area contributed by atoms with Crippen LogP contribution in [0, 0.1) is 0 Å². The van der Waals surface area contributed by atoms with Crippen molar-refractivity contribution < 1.29 is 19.1 Å². The first-order valence-corrected chi connectivity index (χ1v) is 11.6. The first-order valence-electron chi connectivity index (χ1n) is 11.6. The Morgan fingerprint density at radius 3 is 1.53 bits per heavy atom. The summed E-state index contributed by atoms with van der Waals surface area (Å²) in [7, 11) is 0. The van der Waals surface area contributed by atoms with E-state index in [1.54, 1.807) is 0 Å². The Morgan fingerprint density at radius 1 is 0.667 bits per heavy atom. The lowest BCUT2D eigenvalue weighted by atomic mass is 10.1. The Morgan fingerprint density at radius 2 is 1.13 bits per heavy atom. The molecule has 0 atom stereocenters. The third-order valence-electron chi connectivity index (χ3n) is 3.82. The van der Waals surface area contributed by atoms with Crippen molar-refractivity contribution in [1.29, 1.82) is 0 Å². The Kier molecular flexibility index (Phi) is 34.8. The van der Waals surface area contributed by atoms with Crippen molar-refractivity contribution in [3.05, 3.63) is 37.0 Å². The van der Waals surface area contributed by atoms with Crippen LogP contribution in [0.15, 0.2) is 37.0 Å². The van der Waals surface area contributed by atoms with Crippen LogP contribution < -0.4 is 0 Å². The molecule has 0 saturated heterocycles. The van der Waals surface area contributed by atoms with Crippen molar-refractivity contribution in [3.8, 4) is 0 Å². The average molecular weight is 425 g/mol. The van der Waals surface area contributed by atoms with Crippen LogP contribution in [0.1, 0.15) is 105 Å². The van der Waals surface area contributed by atoms with E-state index >= 15 is 0 Å². The number of unbranched alkanes of at least 4 members (excludes halogenated alkanes) is 8. The second-order valence-electron chi connectivity index (χ2n) is 6.94. The maximum absolute atomic E-state index is 10.4. The third-order valence-corrected chi connectivity index (χ3v) is 3.82. The Labute approximate surface area is 186 Å². The predicted molar refractivity (Wildman–Crippen MR) is 130 cm³/mol. The zero-order chi connectivity index (χ0) is 23.3. The lowest BCUT2D eigenvalue weighted by molar-refractivity contribution is -0.140. The lowest BCUT2D eigenvalue weighted by Gasteiger charge is -1.95. The SMILES string of the molecule is C=CCCCCCC.CC/C=C\COC(C)=O.CCCCCC/C=C\COC(C)=O. The zero-order valence-electron chi connectivity index (χ0n) is 20.4. The highest BCUT2D eigenvalue weighted by molar-refractivity contribution is 5.66. The van der Waals surface area contributed by atoms with E-state index in [0.717, 1.165) is 12.8 Å². The molecule has 0 bridgehead atoms. The molecule has 4 heteroatoms. The van der Waals surface area contributed by atoms with Crippen LogP contribution in [0.2, 0.25) is 0 Å². The molecule has 0 aromatic heterocycles. The van der Waals surface area contributed by atoms with E-state index in [2.05, 4.69) is 31.2 Å². The summed E-state index contributed by atoms with van der Waals surface area (Å²) in [4.78, 5) is 20.5. The standard InChI is InChI=1S/C11H20O2.C8H16.C7H12O2/c1-3-4-5-6-7-8-9-10-13-11(2)12;1-3-5-7-8-6-4-2;1-3-4-5-6-9-7(2)8/h8-9H,3-7,10H2,1-2H3;3H,1,4-8H2,2H3;4-5H,3,6H2,1-2H3/b9-8-;;5-4-. The minimum atomic E-state index is -0.226. The fourth-order valence-electron chi connectivity index (χ4n) is 2.16. The van der Waals surface area contributed by atoms with E-state index in [0.29, 0.717) is 13.2 Å². The molecule has 0 aliphatic heterocycles. The fourth-order valence-corrected chi connectivity index (χ4v) is 2.16. The highest BCUT2D eigenvalue weighted by Crippen LogP contribution is 2.02. The van der Waals surface area contributed by atoms with Crippen molar-refractivity contribution in [2.45, 2.75) is 105 Å². The number of hydrogen-bond donors (Lipinski definition) is 0. The molecular formula is C26H48O4. The van der Waals surface area contributed by atoms with Crippen LogP contribution in [-0.2, 0) is 19.1 Å². The highest BCUT2D eigenvalue weighted by Gasteiger charge is 1.87. The molecule has 0 spiro atoms. The van der Waals surface area contributed by atoms with Gasteiger partial charge in [0.05, 0.1) is 0 Å². The van der Waals surface area contributed by atoms with E-state index in [1.807, 2.05) is 31.2 Å². The van der Waals surface area contributed by atoms with Crippen molar-refractivity contribution in [2.24, 2.45) is 0 Å². The van der Waals surface area contributed by atoms with E-state index in [4.69, 9.17) is 4.74 Å². The zero-order valence-corrected chi connectivity index (χ0v) is 20.4. The summed E-state index contributed by atoms with van der Waals surface area (Å²) in [6.07, 6.45) is 23.6. The molecule has 4 nitrogen and oxygen atoms in total. The minimum Gasteiger partial charge on any atom is -0.462 e. The maximum Gasteiger partial charge on any atom is 0.302 e. The van der Waals surface area contributed by atoms with Gasteiger partial charge in [0.25, 0.3) is 0 Å². The van der Waals surface area contributed by atoms with Gasteiger partial charge in [-0.2, -0.15) is 0 Å². The summed E-state index contributed by atoms with van der Waals surface area (Å²) in [6, 6.07) is 0. The topological polar surface area (TPSA) is 52.6 Å². The molecule has 0 heterocycles. The quantitative estimate of drug-likeness (QED) is 0.153. The molecule has 0 saturated carbocycles. The number of carbonyl (C=O) groups excluding carboxylic acids is 2. The number of ether oxygens (including phenoxy) is 2. The van der Waals surface area contributed by atoms with E-state index in [1.165, 1.54) is 71.6 Å². The Hall–Kier alpha value is -1.84. The average Bonchev–Trinajstić information content (AvgIpc) is 2.71. The van der Waals surface area contributed by atoms with Crippen LogP contribution >= 0.6 is 0 Å². The molecule has 0 aromatic rings. The van der Waals surface area contributed by atoms with Gasteiger partial charge in [0, 0.05) is 13.8 Å². The van der Waals surface area contributed by atoms with Crippen LogP contribution in [0.3, 0.4) is 0 Å². The molecule has 176 valence electrons. The molecule has 0 amide bonds. The monoisotopic (exact) mass is 424 g/mol. The van der Waals surface area contributed by atoms with Gasteiger partial charge < -0.3 is 9.47 Å². The van der Waals surface area contributed by atoms with Gasteiger partial charge in [-0.25, -0.2) is 0 Å².